The van der Waals surface area contributed by atoms with Crippen LogP contribution in [0.5, 0.6) is 5.75 Å². The van der Waals surface area contributed by atoms with Gasteiger partial charge in [-0.1, -0.05) is 6.07 Å². The van der Waals surface area contributed by atoms with Crippen molar-refractivity contribution < 1.29 is 28.3 Å². The zero-order valence-corrected chi connectivity index (χ0v) is 16.9. The summed E-state index contributed by atoms with van der Waals surface area (Å²) in [5.41, 5.74) is 2.53. The molecule has 0 aliphatic heterocycles. The van der Waals surface area contributed by atoms with Gasteiger partial charge in [-0.05, 0) is 55.8 Å². The smallest absolute Gasteiger partial charge is 0.337 e. The first-order valence-corrected chi connectivity index (χ1v) is 9.28. The summed E-state index contributed by atoms with van der Waals surface area (Å²) >= 11 is 0. The van der Waals surface area contributed by atoms with Gasteiger partial charge in [0.1, 0.15) is 5.75 Å². The van der Waals surface area contributed by atoms with E-state index in [1.807, 2.05) is 6.92 Å². The molecule has 7 heteroatoms. The largest absolute Gasteiger partial charge is 0.492 e. The molecule has 1 heterocycles. The predicted molar refractivity (Wildman–Crippen MR) is 111 cm³/mol. The normalized spacial score (nSPS) is 10.4. The van der Waals surface area contributed by atoms with Gasteiger partial charge in [0.2, 0.25) is 0 Å². The van der Waals surface area contributed by atoms with Crippen LogP contribution in [-0.2, 0) is 4.74 Å². The maximum absolute atomic E-state index is 13.2. The van der Waals surface area contributed by atoms with Gasteiger partial charge in [0.15, 0.2) is 5.78 Å². The van der Waals surface area contributed by atoms with Crippen LogP contribution in [0.4, 0.5) is 5.69 Å². The van der Waals surface area contributed by atoms with Crippen LogP contribution >= 0.6 is 0 Å². The lowest BCUT2D eigenvalue weighted by Gasteiger charge is -2.15. The average molecular weight is 407 g/mol. The Morgan fingerprint density at radius 1 is 1.03 bits per heavy atom. The third-order valence-corrected chi connectivity index (χ3v) is 4.45. The zero-order chi connectivity index (χ0) is 21.7. The number of anilines is 1. The minimum absolute atomic E-state index is 0.139. The fraction of sp³-hybridized carbons (Fsp3) is 0.174. The number of carbonyl (C=O) groups excluding carboxylic acids is 3. The van der Waals surface area contributed by atoms with Crippen LogP contribution in [-0.4, -0.2) is 31.4 Å². The number of furan rings is 1. The fourth-order valence-electron chi connectivity index (χ4n) is 2.96. The minimum atomic E-state index is -0.559. The molecule has 1 aromatic heterocycles. The molecule has 0 fully saturated rings. The van der Waals surface area contributed by atoms with Gasteiger partial charge in [-0.15, -0.1) is 0 Å². The molecule has 154 valence electrons. The van der Waals surface area contributed by atoms with E-state index in [0.29, 0.717) is 34.7 Å². The van der Waals surface area contributed by atoms with Crippen molar-refractivity contribution >= 4 is 23.3 Å². The summed E-state index contributed by atoms with van der Waals surface area (Å²) in [6, 6.07) is 11.2. The van der Waals surface area contributed by atoms with Crippen molar-refractivity contribution in [3.05, 3.63) is 71.7 Å². The number of amides is 1. The van der Waals surface area contributed by atoms with Crippen molar-refractivity contribution in [2.24, 2.45) is 0 Å². The van der Waals surface area contributed by atoms with Crippen LogP contribution in [0.1, 0.15) is 44.9 Å². The van der Waals surface area contributed by atoms with E-state index in [2.05, 4.69) is 5.32 Å². The number of ketones is 1. The van der Waals surface area contributed by atoms with E-state index in [4.69, 9.17) is 13.9 Å². The monoisotopic (exact) mass is 407 g/mol. The number of nitrogens with one attached hydrogen (secondary N) is 1. The summed E-state index contributed by atoms with van der Waals surface area (Å²) < 4.78 is 15.5. The molecule has 0 radical (unpaired) electrons. The molecule has 0 aliphatic carbocycles. The molecule has 3 aromatic rings. The van der Waals surface area contributed by atoms with Crippen LogP contribution in [0.15, 0.2) is 59.4 Å². The third-order valence-electron chi connectivity index (χ3n) is 4.45. The first-order valence-electron chi connectivity index (χ1n) is 9.28. The van der Waals surface area contributed by atoms with Crippen molar-refractivity contribution in [1.82, 2.24) is 0 Å². The second-order valence-electron chi connectivity index (χ2n) is 6.42. The molecular formula is C23H21NO6. The maximum atomic E-state index is 13.2. The van der Waals surface area contributed by atoms with Gasteiger partial charge >= 0.3 is 5.97 Å². The minimum Gasteiger partial charge on any atom is -0.492 e. The number of benzene rings is 2. The first-order chi connectivity index (χ1) is 14.4. The van der Waals surface area contributed by atoms with E-state index in [1.54, 1.807) is 36.4 Å². The number of ether oxygens (including phenoxy) is 2. The maximum Gasteiger partial charge on any atom is 0.337 e. The molecule has 2 aromatic carbocycles. The highest BCUT2D eigenvalue weighted by Gasteiger charge is 2.19. The lowest BCUT2D eigenvalue weighted by atomic mass is 9.98. The quantitative estimate of drug-likeness (QED) is 0.455. The van der Waals surface area contributed by atoms with Crippen LogP contribution in [0.25, 0.3) is 11.1 Å². The van der Waals surface area contributed by atoms with E-state index in [-0.39, 0.29) is 16.9 Å². The van der Waals surface area contributed by atoms with Crippen molar-refractivity contribution in [3.8, 4) is 16.9 Å². The second kappa shape index (κ2) is 9.09. The molecule has 0 saturated carbocycles. The fourth-order valence-corrected chi connectivity index (χ4v) is 2.96. The molecular weight excluding hydrogens is 386 g/mol. The molecule has 1 amide bonds. The van der Waals surface area contributed by atoms with Gasteiger partial charge in [0, 0.05) is 16.7 Å². The number of carbonyl (C=O) groups is 3. The van der Waals surface area contributed by atoms with E-state index in [9.17, 15) is 14.4 Å². The Morgan fingerprint density at radius 3 is 2.43 bits per heavy atom. The number of esters is 1. The average Bonchev–Trinajstić information content (AvgIpc) is 3.28. The summed E-state index contributed by atoms with van der Waals surface area (Å²) in [6.45, 7) is 3.65. The lowest BCUT2D eigenvalue weighted by Crippen LogP contribution is -2.16. The molecule has 0 aliphatic rings. The standard InChI is InChI=1S/C23H21NO6/c1-4-30-21-8-6-15(14(2)25)12-20(21)24-22(26)19-11-16(23(27)28-3)5-7-18(19)17-9-10-29-13-17/h5-13H,4H2,1-3H3,(H,24,26). The van der Waals surface area contributed by atoms with Crippen LogP contribution in [0, 0.1) is 0 Å². The van der Waals surface area contributed by atoms with E-state index < -0.39 is 11.9 Å². The van der Waals surface area contributed by atoms with Gasteiger partial charge < -0.3 is 19.2 Å². The number of rotatable bonds is 7. The van der Waals surface area contributed by atoms with Crippen molar-refractivity contribution in [1.29, 1.82) is 0 Å². The van der Waals surface area contributed by atoms with Gasteiger partial charge in [-0.25, -0.2) is 4.79 Å². The summed E-state index contributed by atoms with van der Waals surface area (Å²) in [6.07, 6.45) is 3.00. The number of methoxy groups -OCH3 is 1. The molecule has 3 rings (SSSR count). The van der Waals surface area contributed by atoms with Crippen molar-refractivity contribution in [2.45, 2.75) is 13.8 Å². The highest BCUT2D eigenvalue weighted by Crippen LogP contribution is 2.30. The van der Waals surface area contributed by atoms with Gasteiger partial charge in [0.25, 0.3) is 5.91 Å². The Hall–Kier alpha value is -3.87. The summed E-state index contributed by atoms with van der Waals surface area (Å²) in [5, 5.41) is 2.79. The lowest BCUT2D eigenvalue weighted by molar-refractivity contribution is 0.0600. The molecule has 0 bridgehead atoms. The Bertz CT molecular complexity index is 1090. The Labute approximate surface area is 173 Å². The molecule has 7 nitrogen and oxygen atoms in total. The number of hydrogen-bond donors (Lipinski definition) is 1. The molecule has 0 unspecified atom stereocenters. The summed E-state index contributed by atoms with van der Waals surface area (Å²) in [7, 11) is 1.27. The zero-order valence-electron chi connectivity index (χ0n) is 16.9. The molecule has 0 atom stereocenters. The molecule has 1 N–H and O–H groups in total. The SMILES string of the molecule is CCOc1ccc(C(C)=O)cc1NC(=O)c1cc(C(=O)OC)ccc1-c1ccoc1. The molecule has 30 heavy (non-hydrogen) atoms. The molecule has 0 saturated heterocycles. The van der Waals surface area contributed by atoms with Crippen LogP contribution < -0.4 is 10.1 Å². The first kappa shape index (κ1) is 20.9. The third kappa shape index (κ3) is 4.41. The number of Topliss-reactive ketones (excluding diaryl/α,β-unsaturated/α-hetero) is 1. The summed E-state index contributed by atoms with van der Waals surface area (Å²) in [4.78, 5) is 36.9. The van der Waals surface area contributed by atoms with E-state index in [1.165, 1.54) is 32.6 Å². The highest BCUT2D eigenvalue weighted by atomic mass is 16.5. The topological polar surface area (TPSA) is 94.8 Å². The highest BCUT2D eigenvalue weighted by molar-refractivity contribution is 6.11. The predicted octanol–water partition coefficient (Wildman–Crippen LogP) is 4.59. The van der Waals surface area contributed by atoms with Gasteiger partial charge in [-0.3, -0.25) is 9.59 Å². The molecule has 0 spiro atoms. The van der Waals surface area contributed by atoms with Crippen LogP contribution in [0.2, 0.25) is 0 Å². The Morgan fingerprint density at radius 2 is 1.80 bits per heavy atom. The van der Waals surface area contributed by atoms with Gasteiger partial charge in [0.05, 0.1) is 37.5 Å². The van der Waals surface area contributed by atoms with Crippen LogP contribution in [0.3, 0.4) is 0 Å². The van der Waals surface area contributed by atoms with Gasteiger partial charge in [-0.2, -0.15) is 0 Å². The number of hydrogen-bond acceptors (Lipinski definition) is 6. The van der Waals surface area contributed by atoms with Crippen molar-refractivity contribution in [2.75, 3.05) is 19.0 Å². The van der Waals surface area contributed by atoms with E-state index in [0.717, 1.165) is 0 Å². The Kier molecular flexibility index (Phi) is 6.32. The summed E-state index contributed by atoms with van der Waals surface area (Å²) in [5.74, 6) is -0.736. The van der Waals surface area contributed by atoms with Crippen molar-refractivity contribution in [3.63, 3.8) is 0 Å². The second-order valence-corrected chi connectivity index (χ2v) is 6.42. The Balaban J connectivity index is 2.05. The van der Waals surface area contributed by atoms with E-state index >= 15 is 0 Å².